The lowest BCUT2D eigenvalue weighted by Crippen LogP contribution is -2.39. The molecule has 0 unspecified atom stereocenters. The Hall–Kier alpha value is -2.30. The molecule has 0 saturated heterocycles. The van der Waals surface area contributed by atoms with Crippen LogP contribution >= 0.6 is 0 Å². The molecule has 0 bridgehead atoms. The number of aromatic nitrogens is 1. The van der Waals surface area contributed by atoms with Crippen molar-refractivity contribution in [3.8, 4) is 0 Å². The molecular weight excluding hydrogens is 262 g/mol. The van der Waals surface area contributed by atoms with E-state index < -0.39 is 23.2 Å². The van der Waals surface area contributed by atoms with Gasteiger partial charge in [0.1, 0.15) is 17.3 Å². The number of pyridine rings is 1. The Bertz CT molecular complexity index is 592. The first kappa shape index (κ1) is 14.1. The summed E-state index contributed by atoms with van der Waals surface area (Å²) in [4.78, 5) is 11.8. The average Bonchev–Trinajstić information content (AvgIpc) is 2.44. The molecule has 1 heterocycles. The van der Waals surface area contributed by atoms with E-state index in [0.29, 0.717) is 0 Å². The molecule has 20 heavy (non-hydrogen) atoms. The molecule has 5 heteroatoms. The van der Waals surface area contributed by atoms with Crippen molar-refractivity contribution >= 4 is 11.6 Å². The summed E-state index contributed by atoms with van der Waals surface area (Å²) in [6, 6.07) is 7.25. The van der Waals surface area contributed by atoms with Crippen molar-refractivity contribution in [1.29, 1.82) is 0 Å². The number of para-hydroxylation sites is 1. The number of halogens is 2. The van der Waals surface area contributed by atoms with Crippen molar-refractivity contribution in [1.82, 2.24) is 0 Å². The quantitative estimate of drug-likeness (QED) is 0.856. The predicted octanol–water partition coefficient (Wildman–Crippen LogP) is 2.45. The number of anilines is 1. The van der Waals surface area contributed by atoms with Crippen LogP contribution in [0.15, 0.2) is 42.7 Å². The van der Waals surface area contributed by atoms with Crippen LogP contribution in [0.25, 0.3) is 0 Å². The maximum atomic E-state index is 13.4. The monoisotopic (exact) mass is 277 g/mol. The first-order chi connectivity index (χ1) is 9.60. The zero-order valence-electron chi connectivity index (χ0n) is 11.1. The highest BCUT2D eigenvalue weighted by molar-refractivity contribution is 5.89. The first-order valence-electron chi connectivity index (χ1n) is 6.32. The fourth-order valence-electron chi connectivity index (χ4n) is 1.79. The molecule has 1 N–H and O–H groups in total. The highest BCUT2D eigenvalue weighted by Gasteiger charge is 2.14. The van der Waals surface area contributed by atoms with Gasteiger partial charge in [-0.15, -0.1) is 0 Å². The van der Waals surface area contributed by atoms with Crippen LogP contribution in [0.3, 0.4) is 0 Å². The van der Waals surface area contributed by atoms with E-state index in [1.54, 1.807) is 17.0 Å². The number of hydrogen-bond acceptors (Lipinski definition) is 1. The van der Waals surface area contributed by atoms with Crippen molar-refractivity contribution in [2.24, 2.45) is 0 Å². The fraction of sp³-hybridized carbons (Fsp3) is 0.200. The van der Waals surface area contributed by atoms with Crippen molar-refractivity contribution in [2.75, 3.05) is 5.32 Å². The molecule has 0 aliphatic rings. The number of benzene rings is 1. The SMILES string of the molecule is CCc1cc[n+](CC(=O)Nc2c(F)cccc2F)cc1. The summed E-state index contributed by atoms with van der Waals surface area (Å²) < 4.78 is 28.4. The number of nitrogens with zero attached hydrogens (tertiary/aromatic N) is 1. The molecule has 0 aliphatic carbocycles. The summed E-state index contributed by atoms with van der Waals surface area (Å²) in [5.74, 6) is -2.06. The number of nitrogens with one attached hydrogen (secondary N) is 1. The van der Waals surface area contributed by atoms with E-state index in [9.17, 15) is 13.6 Å². The third kappa shape index (κ3) is 3.38. The molecule has 0 spiro atoms. The van der Waals surface area contributed by atoms with E-state index in [1.165, 1.54) is 6.07 Å². The molecular formula is C15H15F2N2O+. The Labute approximate surface area is 115 Å². The van der Waals surface area contributed by atoms with E-state index in [-0.39, 0.29) is 6.54 Å². The Kier molecular flexibility index (Phi) is 4.40. The van der Waals surface area contributed by atoms with Crippen LogP contribution in [0.1, 0.15) is 12.5 Å². The van der Waals surface area contributed by atoms with Gasteiger partial charge in [-0.3, -0.25) is 4.79 Å². The second-order valence-corrected chi connectivity index (χ2v) is 4.38. The lowest BCUT2D eigenvalue weighted by molar-refractivity contribution is -0.684. The number of hydrogen-bond donors (Lipinski definition) is 1. The molecule has 2 aromatic rings. The van der Waals surface area contributed by atoms with Gasteiger partial charge in [0.25, 0.3) is 5.91 Å². The molecule has 0 saturated carbocycles. The summed E-state index contributed by atoms with van der Waals surface area (Å²) in [7, 11) is 0. The van der Waals surface area contributed by atoms with Crippen LogP contribution in [0.5, 0.6) is 0 Å². The second-order valence-electron chi connectivity index (χ2n) is 4.38. The first-order valence-corrected chi connectivity index (χ1v) is 6.32. The molecule has 0 radical (unpaired) electrons. The number of amides is 1. The lowest BCUT2D eigenvalue weighted by Gasteiger charge is -2.05. The minimum absolute atomic E-state index is 0.00221. The number of carbonyl (C=O) groups is 1. The lowest BCUT2D eigenvalue weighted by atomic mass is 10.2. The van der Waals surface area contributed by atoms with Gasteiger partial charge in [0.05, 0.1) is 0 Å². The standard InChI is InChI=1S/C15H14F2N2O/c1-2-11-6-8-19(9-7-11)10-14(20)18-15-12(16)4-3-5-13(15)17/h3-9H,2,10H2,1H3/p+1. The molecule has 0 fully saturated rings. The van der Waals surface area contributed by atoms with E-state index >= 15 is 0 Å². The van der Waals surface area contributed by atoms with Gasteiger partial charge in [-0.1, -0.05) is 13.0 Å². The maximum Gasteiger partial charge on any atom is 0.290 e. The maximum absolute atomic E-state index is 13.4. The predicted molar refractivity (Wildman–Crippen MR) is 71.0 cm³/mol. The zero-order valence-corrected chi connectivity index (χ0v) is 11.1. The van der Waals surface area contributed by atoms with E-state index in [1.807, 2.05) is 19.1 Å². The topological polar surface area (TPSA) is 33.0 Å². The Morgan fingerprint density at radius 1 is 1.15 bits per heavy atom. The van der Waals surface area contributed by atoms with E-state index in [2.05, 4.69) is 5.32 Å². The molecule has 2 rings (SSSR count). The summed E-state index contributed by atoms with van der Waals surface area (Å²) >= 11 is 0. The fourth-order valence-corrected chi connectivity index (χ4v) is 1.79. The summed E-state index contributed by atoms with van der Waals surface area (Å²) in [5.41, 5.74) is 0.741. The van der Waals surface area contributed by atoms with Crippen LogP contribution in [0, 0.1) is 11.6 Å². The van der Waals surface area contributed by atoms with Gasteiger partial charge in [0, 0.05) is 12.1 Å². The smallest absolute Gasteiger partial charge is 0.290 e. The van der Waals surface area contributed by atoms with Gasteiger partial charge < -0.3 is 5.32 Å². The van der Waals surface area contributed by atoms with Crippen molar-refractivity contribution in [3.05, 3.63) is 59.9 Å². The summed E-state index contributed by atoms with van der Waals surface area (Å²) in [5, 5.41) is 2.25. The van der Waals surface area contributed by atoms with E-state index in [0.717, 1.165) is 24.1 Å². The van der Waals surface area contributed by atoms with Crippen LogP contribution in [0.4, 0.5) is 14.5 Å². The third-order valence-electron chi connectivity index (χ3n) is 2.92. The minimum atomic E-state index is -0.787. The zero-order chi connectivity index (χ0) is 14.5. The highest BCUT2D eigenvalue weighted by Crippen LogP contribution is 2.17. The van der Waals surface area contributed by atoms with Gasteiger partial charge in [-0.05, 0) is 24.1 Å². The molecule has 0 aliphatic heterocycles. The van der Waals surface area contributed by atoms with Gasteiger partial charge in [-0.25, -0.2) is 8.78 Å². The molecule has 1 aromatic heterocycles. The largest absolute Gasteiger partial charge is 0.316 e. The van der Waals surface area contributed by atoms with Crippen LogP contribution in [-0.4, -0.2) is 5.91 Å². The Morgan fingerprint density at radius 3 is 2.30 bits per heavy atom. The van der Waals surface area contributed by atoms with Gasteiger partial charge >= 0.3 is 0 Å². The summed E-state index contributed by atoms with van der Waals surface area (Å²) in [6.07, 6.45) is 4.43. The molecule has 1 aromatic carbocycles. The van der Waals surface area contributed by atoms with Crippen molar-refractivity contribution in [3.63, 3.8) is 0 Å². The number of carbonyl (C=O) groups excluding carboxylic acids is 1. The normalized spacial score (nSPS) is 10.3. The van der Waals surface area contributed by atoms with Crippen LogP contribution in [0.2, 0.25) is 0 Å². The van der Waals surface area contributed by atoms with Crippen LogP contribution in [-0.2, 0) is 17.8 Å². The van der Waals surface area contributed by atoms with Gasteiger partial charge in [0.2, 0.25) is 6.54 Å². The second kappa shape index (κ2) is 6.23. The minimum Gasteiger partial charge on any atom is -0.316 e. The highest BCUT2D eigenvalue weighted by atomic mass is 19.1. The Morgan fingerprint density at radius 2 is 1.75 bits per heavy atom. The Balaban J connectivity index is 2.05. The molecule has 1 amide bonds. The number of rotatable bonds is 4. The van der Waals surface area contributed by atoms with Crippen LogP contribution < -0.4 is 9.88 Å². The third-order valence-corrected chi connectivity index (χ3v) is 2.92. The summed E-state index contributed by atoms with van der Waals surface area (Å²) in [6.45, 7) is 2.03. The average molecular weight is 277 g/mol. The molecule has 3 nitrogen and oxygen atoms in total. The van der Waals surface area contributed by atoms with Crippen molar-refractivity contribution < 1.29 is 18.1 Å². The van der Waals surface area contributed by atoms with Gasteiger partial charge in [0.15, 0.2) is 12.4 Å². The van der Waals surface area contributed by atoms with E-state index in [4.69, 9.17) is 0 Å². The van der Waals surface area contributed by atoms with Crippen molar-refractivity contribution in [2.45, 2.75) is 19.9 Å². The molecule has 0 atom stereocenters. The number of aryl methyl sites for hydroxylation is 1. The van der Waals surface area contributed by atoms with Gasteiger partial charge in [-0.2, -0.15) is 4.57 Å². The molecule has 104 valence electrons.